The Morgan fingerprint density at radius 3 is 2.14 bits per heavy atom. The lowest BCUT2D eigenvalue weighted by Gasteiger charge is -2.04. The SMILES string of the molecule is CC.CC.CC.CC=Nc1c(/C=C\C)ncc2ccncc12. The highest BCUT2D eigenvalue weighted by Crippen LogP contribution is 2.28. The number of allylic oxidation sites excluding steroid dienone is 1. The number of hydrogen-bond acceptors (Lipinski definition) is 3. The van der Waals surface area contributed by atoms with E-state index in [0.29, 0.717) is 0 Å². The molecule has 0 radical (unpaired) electrons. The Morgan fingerprint density at radius 2 is 1.59 bits per heavy atom. The van der Waals surface area contributed by atoms with Gasteiger partial charge in [0.25, 0.3) is 0 Å². The van der Waals surface area contributed by atoms with Crippen molar-refractivity contribution in [3.05, 3.63) is 36.4 Å². The van der Waals surface area contributed by atoms with Gasteiger partial charge in [-0.05, 0) is 26.0 Å². The van der Waals surface area contributed by atoms with E-state index >= 15 is 0 Å². The van der Waals surface area contributed by atoms with Crippen LogP contribution in [0, 0.1) is 0 Å². The van der Waals surface area contributed by atoms with Crippen molar-refractivity contribution in [1.29, 1.82) is 0 Å². The fourth-order valence-corrected chi connectivity index (χ4v) is 1.60. The van der Waals surface area contributed by atoms with Gasteiger partial charge in [0.2, 0.25) is 0 Å². The number of nitrogens with zero attached hydrogens (tertiary/aromatic N) is 3. The number of pyridine rings is 2. The first-order valence-electron chi connectivity index (χ1n) is 8.21. The summed E-state index contributed by atoms with van der Waals surface area (Å²) in [6.45, 7) is 15.9. The molecule has 0 aliphatic heterocycles. The Balaban J connectivity index is 0. The van der Waals surface area contributed by atoms with Crippen LogP contribution < -0.4 is 0 Å². The second kappa shape index (κ2) is 15.4. The largest absolute Gasteiger partial charge is 0.264 e. The lowest BCUT2D eigenvalue weighted by Crippen LogP contribution is -1.85. The maximum absolute atomic E-state index is 4.39. The predicted octanol–water partition coefficient (Wildman–Crippen LogP) is 6.46. The minimum Gasteiger partial charge on any atom is -0.264 e. The van der Waals surface area contributed by atoms with E-state index in [1.807, 2.05) is 86.0 Å². The van der Waals surface area contributed by atoms with Crippen molar-refractivity contribution in [2.75, 3.05) is 0 Å². The summed E-state index contributed by atoms with van der Waals surface area (Å²) in [6.07, 6.45) is 11.1. The number of fused-ring (bicyclic) bond motifs is 1. The molecule has 0 spiro atoms. The molecule has 0 N–H and O–H groups in total. The molecule has 2 heterocycles. The predicted molar refractivity (Wildman–Crippen MR) is 102 cm³/mol. The summed E-state index contributed by atoms with van der Waals surface area (Å²) in [5.74, 6) is 0. The summed E-state index contributed by atoms with van der Waals surface area (Å²) >= 11 is 0. The van der Waals surface area contributed by atoms with Crippen LogP contribution in [-0.4, -0.2) is 16.2 Å². The van der Waals surface area contributed by atoms with Gasteiger partial charge in [-0.1, -0.05) is 47.6 Å². The zero-order chi connectivity index (χ0) is 17.4. The minimum absolute atomic E-state index is 0.876. The Hall–Kier alpha value is -2.03. The Labute approximate surface area is 136 Å². The fraction of sp³-hybridized carbons (Fsp3) is 0.421. The molecular formula is C19H31N3. The number of aromatic nitrogens is 2. The first-order chi connectivity index (χ1) is 10.9. The molecule has 22 heavy (non-hydrogen) atoms. The fourth-order valence-electron chi connectivity index (χ4n) is 1.60. The van der Waals surface area contributed by atoms with Gasteiger partial charge in [-0.25, -0.2) is 0 Å². The van der Waals surface area contributed by atoms with E-state index in [9.17, 15) is 0 Å². The Morgan fingerprint density at radius 1 is 0.955 bits per heavy atom. The molecule has 0 aromatic carbocycles. The van der Waals surface area contributed by atoms with E-state index in [1.165, 1.54) is 0 Å². The van der Waals surface area contributed by atoms with Crippen LogP contribution in [0.1, 0.15) is 61.1 Å². The minimum atomic E-state index is 0.876. The molecule has 0 aliphatic rings. The summed E-state index contributed by atoms with van der Waals surface area (Å²) < 4.78 is 0. The maximum atomic E-state index is 4.39. The summed E-state index contributed by atoms with van der Waals surface area (Å²) in [7, 11) is 0. The molecule has 0 saturated heterocycles. The molecule has 2 aromatic heterocycles. The highest BCUT2D eigenvalue weighted by Gasteiger charge is 2.05. The standard InChI is InChI=1S/C13H13N3.3C2H6/c1-3-5-12-13(15-4-2)11-9-14-7-6-10(11)8-16-12;3*1-2/h3-9H,1-2H3;3*1-2H3/b5-3-,15-4?;;;. The van der Waals surface area contributed by atoms with Crippen LogP contribution in [0.25, 0.3) is 16.8 Å². The molecule has 0 fully saturated rings. The van der Waals surface area contributed by atoms with Crippen molar-refractivity contribution in [3.8, 4) is 0 Å². The summed E-state index contributed by atoms with van der Waals surface area (Å²) in [4.78, 5) is 12.9. The molecule has 0 amide bonds. The third kappa shape index (κ3) is 6.61. The zero-order valence-electron chi connectivity index (χ0n) is 15.4. The number of rotatable bonds is 2. The van der Waals surface area contributed by atoms with E-state index in [-0.39, 0.29) is 0 Å². The van der Waals surface area contributed by atoms with Crippen LogP contribution in [0.5, 0.6) is 0 Å². The lowest BCUT2D eigenvalue weighted by molar-refractivity contribution is 1.28. The van der Waals surface area contributed by atoms with Gasteiger partial charge in [-0.3, -0.25) is 15.0 Å². The molecular weight excluding hydrogens is 270 g/mol. The summed E-state index contributed by atoms with van der Waals surface area (Å²) in [5, 5.41) is 2.09. The van der Waals surface area contributed by atoms with Gasteiger partial charge in [-0.2, -0.15) is 0 Å². The first-order valence-corrected chi connectivity index (χ1v) is 8.21. The number of hydrogen-bond donors (Lipinski definition) is 0. The zero-order valence-corrected chi connectivity index (χ0v) is 15.4. The van der Waals surface area contributed by atoms with Crippen molar-refractivity contribution in [2.45, 2.75) is 55.4 Å². The second-order valence-corrected chi connectivity index (χ2v) is 3.34. The van der Waals surface area contributed by atoms with Crippen molar-refractivity contribution >= 4 is 28.8 Å². The third-order valence-electron chi connectivity index (χ3n) is 2.28. The summed E-state index contributed by atoms with van der Waals surface area (Å²) in [6, 6.07) is 1.94. The maximum Gasteiger partial charge on any atom is 0.0976 e. The van der Waals surface area contributed by atoms with Gasteiger partial charge < -0.3 is 0 Å². The molecule has 122 valence electrons. The highest BCUT2D eigenvalue weighted by molar-refractivity contribution is 5.95. The van der Waals surface area contributed by atoms with Crippen LogP contribution in [0.3, 0.4) is 0 Å². The third-order valence-corrected chi connectivity index (χ3v) is 2.28. The average Bonchev–Trinajstić information content (AvgIpc) is 2.62. The highest BCUT2D eigenvalue weighted by atomic mass is 14.8. The van der Waals surface area contributed by atoms with Crippen molar-refractivity contribution < 1.29 is 0 Å². The molecule has 2 rings (SSSR count). The van der Waals surface area contributed by atoms with Crippen LogP contribution in [0.15, 0.2) is 35.7 Å². The molecule has 0 unspecified atom stereocenters. The second-order valence-electron chi connectivity index (χ2n) is 3.34. The van der Waals surface area contributed by atoms with Gasteiger partial charge in [-0.15, -0.1) is 0 Å². The molecule has 0 atom stereocenters. The molecule has 3 heteroatoms. The van der Waals surface area contributed by atoms with Crippen molar-refractivity contribution in [3.63, 3.8) is 0 Å². The van der Waals surface area contributed by atoms with Crippen LogP contribution in [0.2, 0.25) is 0 Å². The van der Waals surface area contributed by atoms with E-state index in [1.54, 1.807) is 12.4 Å². The van der Waals surface area contributed by atoms with Gasteiger partial charge >= 0.3 is 0 Å². The average molecular weight is 301 g/mol. The van der Waals surface area contributed by atoms with Crippen molar-refractivity contribution in [2.24, 2.45) is 4.99 Å². The molecule has 0 aliphatic carbocycles. The monoisotopic (exact) mass is 301 g/mol. The van der Waals surface area contributed by atoms with Crippen molar-refractivity contribution in [1.82, 2.24) is 9.97 Å². The van der Waals surface area contributed by atoms with Crippen LogP contribution in [-0.2, 0) is 0 Å². The van der Waals surface area contributed by atoms with Gasteiger partial charge in [0, 0.05) is 35.6 Å². The molecule has 0 bridgehead atoms. The Kier molecular flexibility index (Phi) is 15.5. The number of aliphatic imine (C=N–C) groups is 1. The smallest absolute Gasteiger partial charge is 0.0976 e. The normalized spacial score (nSPS) is 9.45. The van der Waals surface area contributed by atoms with E-state index in [2.05, 4.69) is 15.0 Å². The van der Waals surface area contributed by atoms with Gasteiger partial charge in [0.1, 0.15) is 0 Å². The van der Waals surface area contributed by atoms with Crippen LogP contribution in [0.4, 0.5) is 5.69 Å². The Bertz CT molecular complexity index is 558. The lowest BCUT2D eigenvalue weighted by atomic mass is 10.1. The molecule has 3 nitrogen and oxygen atoms in total. The van der Waals surface area contributed by atoms with E-state index in [4.69, 9.17) is 0 Å². The topological polar surface area (TPSA) is 38.1 Å². The first kappa shape index (κ1) is 22.3. The van der Waals surface area contributed by atoms with Gasteiger partial charge in [0.05, 0.1) is 11.4 Å². The van der Waals surface area contributed by atoms with Gasteiger partial charge in [0.15, 0.2) is 0 Å². The van der Waals surface area contributed by atoms with Crippen LogP contribution >= 0.6 is 0 Å². The van der Waals surface area contributed by atoms with E-state index in [0.717, 1.165) is 22.2 Å². The molecule has 0 saturated carbocycles. The quantitative estimate of drug-likeness (QED) is 0.597. The van der Waals surface area contributed by atoms with E-state index < -0.39 is 0 Å². The molecule has 2 aromatic rings. The summed E-state index contributed by atoms with van der Waals surface area (Å²) in [5.41, 5.74) is 1.76.